The number of rotatable bonds is 6. The van der Waals surface area contributed by atoms with Gasteiger partial charge in [0.05, 0.1) is 15.5 Å². The van der Waals surface area contributed by atoms with Crippen molar-refractivity contribution < 1.29 is 13.3 Å². The molecule has 0 saturated carbocycles. The molecular formula is C12H19N3O4S. The van der Waals surface area contributed by atoms with Crippen LogP contribution in [0.5, 0.6) is 0 Å². The Morgan fingerprint density at radius 2 is 1.80 bits per heavy atom. The molecule has 1 rings (SSSR count). The summed E-state index contributed by atoms with van der Waals surface area (Å²) in [4.78, 5) is 13.9. The molecule has 0 aliphatic carbocycles. The van der Waals surface area contributed by atoms with Gasteiger partial charge in [0.1, 0.15) is 0 Å². The fourth-order valence-corrected chi connectivity index (χ4v) is 2.64. The maximum absolute atomic E-state index is 11.8. The van der Waals surface area contributed by atoms with Crippen LogP contribution in [-0.4, -0.2) is 58.7 Å². The lowest BCUT2D eigenvalue weighted by atomic mass is 10.2. The molecule has 0 saturated heterocycles. The van der Waals surface area contributed by atoms with E-state index in [4.69, 9.17) is 0 Å². The fraction of sp³-hybridized carbons (Fsp3) is 0.500. The van der Waals surface area contributed by atoms with Crippen LogP contribution in [-0.2, 0) is 9.84 Å². The standard InChI is InChI=1S/C12H19N3O4S/c1-13(2)7-8-14(3)11-6-5-10(15(16)17)9-12(11)20(4,18)19/h5-6,9H,7-8H2,1-4H3. The molecule has 0 spiro atoms. The largest absolute Gasteiger partial charge is 0.372 e. The van der Waals surface area contributed by atoms with E-state index in [9.17, 15) is 18.5 Å². The number of sulfone groups is 1. The van der Waals surface area contributed by atoms with Crippen molar-refractivity contribution in [3.8, 4) is 0 Å². The van der Waals surface area contributed by atoms with Crippen molar-refractivity contribution in [2.75, 3.05) is 45.4 Å². The van der Waals surface area contributed by atoms with Gasteiger partial charge in [0, 0.05) is 38.5 Å². The Morgan fingerprint density at radius 3 is 2.25 bits per heavy atom. The molecule has 7 nitrogen and oxygen atoms in total. The molecule has 0 aliphatic rings. The van der Waals surface area contributed by atoms with Gasteiger partial charge in [-0.2, -0.15) is 0 Å². The second-order valence-electron chi connectivity index (χ2n) is 4.91. The SMILES string of the molecule is CN(C)CCN(C)c1ccc([N+](=O)[O-])cc1S(C)(=O)=O. The van der Waals surface area contributed by atoms with Crippen LogP contribution in [0.3, 0.4) is 0 Å². The van der Waals surface area contributed by atoms with Crippen molar-refractivity contribution in [2.45, 2.75) is 4.90 Å². The lowest BCUT2D eigenvalue weighted by Gasteiger charge is -2.23. The van der Waals surface area contributed by atoms with E-state index in [1.165, 1.54) is 12.1 Å². The Bertz CT molecular complexity index is 599. The molecule has 1 aromatic carbocycles. The van der Waals surface area contributed by atoms with Crippen molar-refractivity contribution in [3.05, 3.63) is 28.3 Å². The number of likely N-dealkylation sites (N-methyl/N-ethyl adjacent to an activating group) is 2. The van der Waals surface area contributed by atoms with Gasteiger partial charge in [0.2, 0.25) is 0 Å². The Labute approximate surface area is 118 Å². The normalized spacial score (nSPS) is 11.7. The molecule has 1 aromatic rings. The first-order valence-corrected chi connectivity index (χ1v) is 7.86. The van der Waals surface area contributed by atoms with Gasteiger partial charge in [-0.3, -0.25) is 10.1 Å². The molecule has 0 atom stereocenters. The van der Waals surface area contributed by atoms with Gasteiger partial charge >= 0.3 is 0 Å². The summed E-state index contributed by atoms with van der Waals surface area (Å²) in [5, 5.41) is 10.8. The van der Waals surface area contributed by atoms with Crippen LogP contribution < -0.4 is 4.90 Å². The molecule has 0 heterocycles. The zero-order valence-corrected chi connectivity index (χ0v) is 12.8. The second-order valence-corrected chi connectivity index (χ2v) is 6.89. The first-order valence-electron chi connectivity index (χ1n) is 5.97. The predicted octanol–water partition coefficient (Wildman–Crippen LogP) is 0.996. The van der Waals surface area contributed by atoms with Crippen molar-refractivity contribution in [1.29, 1.82) is 0 Å². The van der Waals surface area contributed by atoms with Crippen LogP contribution >= 0.6 is 0 Å². The Kier molecular flexibility index (Phi) is 5.07. The quantitative estimate of drug-likeness (QED) is 0.575. The fourth-order valence-electron chi connectivity index (χ4n) is 1.70. The summed E-state index contributed by atoms with van der Waals surface area (Å²) < 4.78 is 23.6. The maximum Gasteiger partial charge on any atom is 0.270 e. The minimum atomic E-state index is -3.53. The minimum absolute atomic E-state index is 0.0204. The van der Waals surface area contributed by atoms with Crippen LogP contribution in [0.1, 0.15) is 0 Å². The lowest BCUT2D eigenvalue weighted by molar-refractivity contribution is -0.385. The molecule has 0 aromatic heterocycles. The number of hydrogen-bond acceptors (Lipinski definition) is 6. The monoisotopic (exact) mass is 301 g/mol. The molecule has 0 amide bonds. The zero-order chi connectivity index (χ0) is 15.5. The number of benzene rings is 1. The van der Waals surface area contributed by atoms with E-state index in [1.807, 2.05) is 19.0 Å². The van der Waals surface area contributed by atoms with Crippen LogP contribution in [0.25, 0.3) is 0 Å². The molecule has 0 fully saturated rings. The van der Waals surface area contributed by atoms with Gasteiger partial charge < -0.3 is 9.80 Å². The molecule has 0 N–H and O–H groups in total. The van der Waals surface area contributed by atoms with E-state index < -0.39 is 14.8 Å². The van der Waals surface area contributed by atoms with Crippen LogP contribution in [0.15, 0.2) is 23.1 Å². The number of non-ortho nitro benzene ring substituents is 1. The number of nitro benzene ring substituents is 1. The van der Waals surface area contributed by atoms with E-state index in [2.05, 4.69) is 0 Å². The second kappa shape index (κ2) is 6.19. The molecule has 0 unspecified atom stereocenters. The van der Waals surface area contributed by atoms with Crippen LogP contribution in [0.4, 0.5) is 11.4 Å². The number of anilines is 1. The highest BCUT2D eigenvalue weighted by Gasteiger charge is 2.20. The third-order valence-corrected chi connectivity index (χ3v) is 3.97. The summed E-state index contributed by atoms with van der Waals surface area (Å²) in [6.45, 7) is 1.37. The highest BCUT2D eigenvalue weighted by molar-refractivity contribution is 7.90. The smallest absolute Gasteiger partial charge is 0.270 e. The molecular weight excluding hydrogens is 282 g/mol. The molecule has 0 bridgehead atoms. The molecule has 20 heavy (non-hydrogen) atoms. The van der Waals surface area contributed by atoms with E-state index in [-0.39, 0.29) is 10.6 Å². The van der Waals surface area contributed by atoms with Gasteiger partial charge in [-0.1, -0.05) is 0 Å². The Morgan fingerprint density at radius 1 is 1.20 bits per heavy atom. The van der Waals surface area contributed by atoms with Gasteiger partial charge in [0.25, 0.3) is 5.69 Å². The van der Waals surface area contributed by atoms with E-state index in [1.54, 1.807) is 11.9 Å². The van der Waals surface area contributed by atoms with E-state index in [0.717, 1.165) is 18.9 Å². The average Bonchev–Trinajstić information content (AvgIpc) is 2.34. The molecule has 0 radical (unpaired) electrons. The van der Waals surface area contributed by atoms with Crippen LogP contribution in [0.2, 0.25) is 0 Å². The van der Waals surface area contributed by atoms with Gasteiger partial charge in [0.15, 0.2) is 9.84 Å². The summed E-state index contributed by atoms with van der Waals surface area (Å²) in [5.41, 5.74) is 0.245. The summed E-state index contributed by atoms with van der Waals surface area (Å²) >= 11 is 0. The topological polar surface area (TPSA) is 83.8 Å². The van der Waals surface area contributed by atoms with Crippen molar-refractivity contribution in [1.82, 2.24) is 4.90 Å². The third-order valence-electron chi connectivity index (χ3n) is 2.85. The van der Waals surface area contributed by atoms with Gasteiger partial charge in [-0.25, -0.2) is 8.42 Å². The number of nitro groups is 1. The van der Waals surface area contributed by atoms with Crippen molar-refractivity contribution in [2.24, 2.45) is 0 Å². The van der Waals surface area contributed by atoms with Gasteiger partial charge in [-0.15, -0.1) is 0 Å². The maximum atomic E-state index is 11.8. The van der Waals surface area contributed by atoms with Gasteiger partial charge in [-0.05, 0) is 20.2 Å². The lowest BCUT2D eigenvalue weighted by Crippen LogP contribution is -2.29. The molecule has 112 valence electrons. The van der Waals surface area contributed by atoms with E-state index >= 15 is 0 Å². The minimum Gasteiger partial charge on any atom is -0.372 e. The summed E-state index contributed by atoms with van der Waals surface area (Å²) in [6.07, 6.45) is 1.05. The van der Waals surface area contributed by atoms with Crippen LogP contribution in [0, 0.1) is 10.1 Å². The van der Waals surface area contributed by atoms with E-state index in [0.29, 0.717) is 12.2 Å². The summed E-state index contributed by atoms with van der Waals surface area (Å²) in [6, 6.07) is 3.90. The first-order chi connectivity index (χ1) is 9.12. The average molecular weight is 301 g/mol. The zero-order valence-electron chi connectivity index (χ0n) is 12.0. The summed E-state index contributed by atoms with van der Waals surface area (Å²) in [7, 11) is 2.07. The summed E-state index contributed by atoms with van der Waals surface area (Å²) in [5.74, 6) is 0. The van der Waals surface area contributed by atoms with Crippen molar-refractivity contribution >= 4 is 21.2 Å². The Hall–Kier alpha value is -1.67. The predicted molar refractivity (Wildman–Crippen MR) is 78.0 cm³/mol. The molecule has 0 aliphatic heterocycles. The first kappa shape index (κ1) is 16.4. The third kappa shape index (κ3) is 4.17. The number of hydrogen-bond donors (Lipinski definition) is 0. The highest BCUT2D eigenvalue weighted by Crippen LogP contribution is 2.28. The van der Waals surface area contributed by atoms with Crippen molar-refractivity contribution in [3.63, 3.8) is 0 Å². The Balaban J connectivity index is 3.22. The molecule has 8 heteroatoms. The highest BCUT2D eigenvalue weighted by atomic mass is 32.2. The number of nitrogens with zero attached hydrogens (tertiary/aromatic N) is 3.